The first-order valence-corrected chi connectivity index (χ1v) is 12.9. The smallest absolute Gasteiger partial charge is 0.148 e. The molecule has 7 heteroatoms. The molecule has 3 aromatic rings. The van der Waals surface area contributed by atoms with Gasteiger partial charge in [-0.15, -0.1) is 11.3 Å². The molecule has 0 aliphatic heterocycles. The van der Waals surface area contributed by atoms with E-state index in [0.717, 1.165) is 26.7 Å². The summed E-state index contributed by atoms with van der Waals surface area (Å²) in [5.74, 6) is 1.61. The van der Waals surface area contributed by atoms with Crippen LogP contribution >= 0.6 is 11.3 Å². The lowest BCUT2D eigenvalue weighted by Gasteiger charge is -2.18. The molecule has 30 heavy (non-hydrogen) atoms. The van der Waals surface area contributed by atoms with E-state index in [9.17, 15) is 4.21 Å². The third kappa shape index (κ3) is 4.78. The summed E-state index contributed by atoms with van der Waals surface area (Å²) in [5, 5.41) is 4.50. The summed E-state index contributed by atoms with van der Waals surface area (Å²) in [5.41, 5.74) is 2.82. The van der Waals surface area contributed by atoms with Gasteiger partial charge in [0.25, 0.3) is 0 Å². The Kier molecular flexibility index (Phi) is 6.58. The molecule has 1 atom stereocenters. The molecule has 0 radical (unpaired) electrons. The zero-order valence-electron chi connectivity index (χ0n) is 17.7. The van der Waals surface area contributed by atoms with Gasteiger partial charge in [0.1, 0.15) is 5.82 Å². The topological polar surface area (TPSA) is 67.8 Å². The fourth-order valence-corrected chi connectivity index (χ4v) is 5.81. The van der Waals surface area contributed by atoms with Crippen LogP contribution in [0.5, 0.6) is 0 Å². The van der Waals surface area contributed by atoms with Gasteiger partial charge in [0.15, 0.2) is 0 Å². The molecule has 158 valence electrons. The van der Waals surface area contributed by atoms with Crippen LogP contribution in [0.3, 0.4) is 0 Å². The van der Waals surface area contributed by atoms with Gasteiger partial charge in [-0.05, 0) is 30.9 Å². The molecule has 2 heterocycles. The Hall–Kier alpha value is -2.12. The largest absolute Gasteiger partial charge is 0.339 e. The van der Waals surface area contributed by atoms with E-state index in [1.165, 1.54) is 37.1 Å². The molecule has 2 aromatic heterocycles. The molecule has 5 nitrogen and oxygen atoms in total. The van der Waals surface area contributed by atoms with E-state index in [1.807, 2.05) is 24.4 Å². The van der Waals surface area contributed by atoms with Gasteiger partial charge >= 0.3 is 0 Å². The first-order valence-electron chi connectivity index (χ1n) is 10.5. The van der Waals surface area contributed by atoms with Crippen LogP contribution in [0.2, 0.25) is 0 Å². The van der Waals surface area contributed by atoms with Crippen LogP contribution in [0.4, 0.5) is 11.5 Å². The monoisotopic (exact) mass is 440 g/mol. The lowest BCUT2D eigenvalue weighted by molar-refractivity contribution is 0.442. The van der Waals surface area contributed by atoms with Gasteiger partial charge in [-0.3, -0.25) is 9.19 Å². The zero-order valence-corrected chi connectivity index (χ0v) is 19.4. The van der Waals surface area contributed by atoms with Crippen molar-refractivity contribution in [2.45, 2.75) is 62.7 Å². The number of nitrogens with zero attached hydrogens (tertiary/aromatic N) is 3. The Morgan fingerprint density at radius 1 is 1.07 bits per heavy atom. The van der Waals surface area contributed by atoms with Crippen LogP contribution in [-0.4, -0.2) is 25.4 Å². The number of hydrogen-bond acceptors (Lipinski definition) is 6. The maximum absolute atomic E-state index is 12.5. The summed E-state index contributed by atoms with van der Waals surface area (Å²) in [6.45, 7) is 4.19. The third-order valence-electron chi connectivity index (χ3n) is 5.57. The van der Waals surface area contributed by atoms with E-state index in [2.05, 4.69) is 29.1 Å². The Bertz CT molecular complexity index is 1020. The summed E-state index contributed by atoms with van der Waals surface area (Å²) in [4.78, 5) is 15.5. The highest BCUT2D eigenvalue weighted by Gasteiger charge is 2.20. The van der Waals surface area contributed by atoms with E-state index in [0.29, 0.717) is 17.7 Å². The number of thiazole rings is 1. The second-order valence-electron chi connectivity index (χ2n) is 8.17. The molecule has 0 bridgehead atoms. The fraction of sp³-hybridized carbons (Fsp3) is 0.435. The number of hydrogen-bond donors (Lipinski definition) is 1. The minimum absolute atomic E-state index is 0.345. The summed E-state index contributed by atoms with van der Waals surface area (Å²) >= 11 is 1.75. The molecule has 1 unspecified atom stereocenters. The predicted molar refractivity (Wildman–Crippen MR) is 125 cm³/mol. The number of aromatic nitrogens is 3. The molecule has 1 aliphatic rings. The Morgan fingerprint density at radius 2 is 1.87 bits per heavy atom. The molecule has 1 N–H and O–H groups in total. The molecule has 1 fully saturated rings. The average Bonchev–Trinajstić information content (AvgIpc) is 3.25. The van der Waals surface area contributed by atoms with Crippen molar-refractivity contribution in [3.8, 4) is 10.4 Å². The van der Waals surface area contributed by atoms with Crippen molar-refractivity contribution in [2.75, 3.05) is 11.6 Å². The van der Waals surface area contributed by atoms with Crippen LogP contribution in [0.1, 0.15) is 68.5 Å². The maximum Gasteiger partial charge on any atom is 0.148 e. The van der Waals surface area contributed by atoms with Gasteiger partial charge in [-0.2, -0.15) is 0 Å². The second kappa shape index (κ2) is 9.35. The Morgan fingerprint density at radius 3 is 2.53 bits per heavy atom. The molecule has 0 amide bonds. The number of anilines is 2. The SMILES string of the molecule is CC(C)c1cnc(Nc2ccc(-c3cnc(C4CCCCC4)s3)c(S(C)=O)c2)cn1. The van der Waals surface area contributed by atoms with Crippen molar-refractivity contribution >= 4 is 33.6 Å². The summed E-state index contributed by atoms with van der Waals surface area (Å²) < 4.78 is 12.5. The molecule has 1 saturated carbocycles. The Labute approximate surface area is 184 Å². The van der Waals surface area contributed by atoms with Gasteiger partial charge < -0.3 is 5.32 Å². The molecule has 0 saturated heterocycles. The number of nitrogens with one attached hydrogen (secondary N) is 1. The van der Waals surface area contributed by atoms with Gasteiger partial charge in [0.05, 0.1) is 38.8 Å². The van der Waals surface area contributed by atoms with Gasteiger partial charge in [0, 0.05) is 34.5 Å². The average molecular weight is 441 g/mol. The van der Waals surface area contributed by atoms with Gasteiger partial charge in [-0.25, -0.2) is 9.97 Å². The highest BCUT2D eigenvalue weighted by molar-refractivity contribution is 7.84. The quantitative estimate of drug-likeness (QED) is 0.490. The van der Waals surface area contributed by atoms with Crippen molar-refractivity contribution in [3.63, 3.8) is 0 Å². The van der Waals surface area contributed by atoms with Gasteiger partial charge in [-0.1, -0.05) is 39.2 Å². The minimum atomic E-state index is -1.11. The first kappa shape index (κ1) is 21.1. The predicted octanol–water partition coefficient (Wildman–Crippen LogP) is 6.25. The van der Waals surface area contributed by atoms with Crippen molar-refractivity contribution in [1.82, 2.24) is 15.0 Å². The highest BCUT2D eigenvalue weighted by atomic mass is 32.2. The fourth-order valence-electron chi connectivity index (χ4n) is 3.84. The summed E-state index contributed by atoms with van der Waals surface area (Å²) in [6.07, 6.45) is 13.6. The standard InChI is InChI=1S/C23H28N4OS2/c1-15(2)19-12-25-22(14-24-19)27-17-9-10-18(21(11-17)30(3)28)20-13-26-23(29-20)16-7-5-4-6-8-16/h9-16H,4-8H2,1-3H3,(H,25,27). The van der Waals surface area contributed by atoms with Crippen LogP contribution in [0, 0.1) is 0 Å². The lowest BCUT2D eigenvalue weighted by Crippen LogP contribution is -2.03. The summed E-state index contributed by atoms with van der Waals surface area (Å²) in [7, 11) is -1.11. The third-order valence-corrected chi connectivity index (χ3v) is 7.72. The molecule has 4 rings (SSSR count). The first-order chi connectivity index (χ1) is 14.5. The van der Waals surface area contributed by atoms with Crippen molar-refractivity contribution in [3.05, 3.63) is 47.5 Å². The van der Waals surface area contributed by atoms with E-state index < -0.39 is 10.8 Å². The molecule has 1 aliphatic carbocycles. The minimum Gasteiger partial charge on any atom is -0.339 e. The van der Waals surface area contributed by atoms with Crippen molar-refractivity contribution in [1.29, 1.82) is 0 Å². The molecule has 0 spiro atoms. The van der Waals surface area contributed by atoms with E-state index in [1.54, 1.807) is 30.0 Å². The van der Waals surface area contributed by atoms with Crippen LogP contribution < -0.4 is 5.32 Å². The Balaban J connectivity index is 1.58. The van der Waals surface area contributed by atoms with Gasteiger partial charge in [0.2, 0.25) is 0 Å². The molecule has 1 aromatic carbocycles. The number of benzene rings is 1. The second-order valence-corrected chi connectivity index (χ2v) is 10.6. The molecular formula is C23H28N4OS2. The van der Waals surface area contributed by atoms with Crippen molar-refractivity contribution < 1.29 is 4.21 Å². The highest BCUT2D eigenvalue weighted by Crippen LogP contribution is 2.39. The summed E-state index contributed by atoms with van der Waals surface area (Å²) in [6, 6.07) is 5.99. The number of rotatable bonds is 6. The van der Waals surface area contributed by atoms with E-state index >= 15 is 0 Å². The molecular weight excluding hydrogens is 412 g/mol. The van der Waals surface area contributed by atoms with Crippen LogP contribution in [0.25, 0.3) is 10.4 Å². The van der Waals surface area contributed by atoms with E-state index in [4.69, 9.17) is 4.98 Å². The van der Waals surface area contributed by atoms with Crippen LogP contribution in [-0.2, 0) is 10.8 Å². The van der Waals surface area contributed by atoms with Crippen LogP contribution in [0.15, 0.2) is 41.7 Å². The zero-order chi connectivity index (χ0) is 21.1. The normalized spacial score (nSPS) is 16.0. The maximum atomic E-state index is 12.5. The van der Waals surface area contributed by atoms with E-state index in [-0.39, 0.29) is 0 Å². The lowest BCUT2D eigenvalue weighted by atomic mass is 9.90. The van der Waals surface area contributed by atoms with Crippen molar-refractivity contribution in [2.24, 2.45) is 0 Å².